The Hall–Kier alpha value is -0.680. The summed E-state index contributed by atoms with van der Waals surface area (Å²) in [7, 11) is 0. The number of hydrogen-bond donors (Lipinski definition) is 0. The summed E-state index contributed by atoms with van der Waals surface area (Å²) in [5.74, 6) is -4.19. The van der Waals surface area contributed by atoms with Gasteiger partial charge in [-0.15, -0.1) is 0 Å². The third-order valence-corrected chi connectivity index (χ3v) is 0.887. The lowest BCUT2D eigenvalue weighted by molar-refractivity contribution is -0.126. The molecule has 0 heterocycles. The van der Waals surface area contributed by atoms with Crippen molar-refractivity contribution in [3.8, 4) is 0 Å². The Morgan fingerprint density at radius 1 is 1.09 bits per heavy atom. The van der Waals surface area contributed by atoms with E-state index in [1.807, 2.05) is 0 Å². The Labute approximate surface area is 58.5 Å². The Morgan fingerprint density at radius 2 is 1.45 bits per heavy atom. The van der Waals surface area contributed by atoms with Gasteiger partial charge in [-0.3, -0.25) is 0 Å². The summed E-state index contributed by atoms with van der Waals surface area (Å²) in [6.07, 6.45) is -6.44. The van der Waals surface area contributed by atoms with Gasteiger partial charge in [-0.25, -0.2) is 13.2 Å². The molecule has 0 rings (SSSR count). The SMILES string of the molecule is CC(F)(F)C(=CF)C(F)(F)F. The monoisotopic (exact) mass is 178 g/mol. The molecule has 66 valence electrons. The van der Waals surface area contributed by atoms with Crippen LogP contribution < -0.4 is 0 Å². The minimum atomic E-state index is -5.31. The highest BCUT2D eigenvalue weighted by Gasteiger charge is 2.47. The summed E-state index contributed by atoms with van der Waals surface area (Å²) in [6.45, 7) is -0.0219. The summed E-state index contributed by atoms with van der Waals surface area (Å²) < 4.78 is 69.3. The first-order chi connectivity index (χ1) is 4.69. The molecule has 0 amide bonds. The lowest BCUT2D eigenvalue weighted by Crippen LogP contribution is -2.26. The van der Waals surface area contributed by atoms with Gasteiger partial charge in [0.25, 0.3) is 5.92 Å². The van der Waals surface area contributed by atoms with Crippen molar-refractivity contribution in [2.24, 2.45) is 0 Å². The van der Waals surface area contributed by atoms with Crippen molar-refractivity contribution in [1.82, 2.24) is 0 Å². The molecular formula is C5H4F6. The standard InChI is InChI=1S/C5H4F6/c1-4(7,8)3(2-6)5(9,10)11/h2H,1H3. The summed E-state index contributed by atoms with van der Waals surface area (Å²) in [5, 5.41) is 0. The molecule has 6 heteroatoms. The van der Waals surface area contributed by atoms with Crippen molar-refractivity contribution in [1.29, 1.82) is 0 Å². The molecule has 0 aromatic carbocycles. The lowest BCUT2D eigenvalue weighted by atomic mass is 10.2. The van der Waals surface area contributed by atoms with E-state index in [2.05, 4.69) is 0 Å². The van der Waals surface area contributed by atoms with E-state index in [0.717, 1.165) is 0 Å². The van der Waals surface area contributed by atoms with Gasteiger partial charge in [-0.1, -0.05) is 0 Å². The molecule has 0 spiro atoms. The van der Waals surface area contributed by atoms with Gasteiger partial charge in [0.2, 0.25) is 0 Å². The molecule has 0 aliphatic heterocycles. The van der Waals surface area contributed by atoms with Gasteiger partial charge in [0, 0.05) is 6.92 Å². The van der Waals surface area contributed by atoms with Gasteiger partial charge in [0.05, 0.1) is 0 Å². The smallest absolute Gasteiger partial charge is 0.215 e. The number of allylic oxidation sites excluding steroid dienone is 1. The van der Waals surface area contributed by atoms with E-state index in [4.69, 9.17) is 0 Å². The fourth-order valence-corrected chi connectivity index (χ4v) is 0.407. The van der Waals surface area contributed by atoms with Gasteiger partial charge in [-0.05, 0) is 0 Å². The van der Waals surface area contributed by atoms with Crippen LogP contribution in [0.25, 0.3) is 0 Å². The van der Waals surface area contributed by atoms with E-state index in [-0.39, 0.29) is 6.92 Å². The maximum Gasteiger partial charge on any atom is 0.420 e. The van der Waals surface area contributed by atoms with E-state index in [0.29, 0.717) is 0 Å². The molecule has 0 fully saturated rings. The number of halogens is 6. The quantitative estimate of drug-likeness (QED) is 0.541. The Balaban J connectivity index is 4.74. The number of alkyl halides is 5. The zero-order valence-corrected chi connectivity index (χ0v) is 5.35. The van der Waals surface area contributed by atoms with Crippen molar-refractivity contribution in [2.75, 3.05) is 0 Å². The highest BCUT2D eigenvalue weighted by Crippen LogP contribution is 2.37. The van der Waals surface area contributed by atoms with Crippen LogP contribution in [0.1, 0.15) is 6.92 Å². The first-order valence-corrected chi connectivity index (χ1v) is 2.45. The van der Waals surface area contributed by atoms with Gasteiger partial charge in [0.15, 0.2) is 0 Å². The maximum absolute atomic E-state index is 11.9. The average Bonchev–Trinajstić information content (AvgIpc) is 1.56. The first-order valence-electron chi connectivity index (χ1n) is 2.45. The second kappa shape index (κ2) is 2.75. The van der Waals surface area contributed by atoms with Crippen molar-refractivity contribution in [2.45, 2.75) is 19.0 Å². The highest BCUT2D eigenvalue weighted by molar-refractivity contribution is 5.14. The Kier molecular flexibility index (Phi) is 2.58. The molecule has 0 N–H and O–H groups in total. The predicted molar refractivity (Wildman–Crippen MR) is 25.9 cm³/mol. The minimum absolute atomic E-state index is 0.0219. The summed E-state index contributed by atoms with van der Waals surface area (Å²) >= 11 is 0. The van der Waals surface area contributed by atoms with Gasteiger partial charge in [-0.2, -0.15) is 13.2 Å². The molecule has 0 aromatic heterocycles. The van der Waals surface area contributed by atoms with Crippen LogP contribution in [0.3, 0.4) is 0 Å². The van der Waals surface area contributed by atoms with Crippen molar-refractivity contribution in [3.63, 3.8) is 0 Å². The van der Waals surface area contributed by atoms with Crippen molar-refractivity contribution < 1.29 is 26.3 Å². The Bertz CT molecular complexity index is 143. The molecule has 0 aliphatic carbocycles. The topological polar surface area (TPSA) is 0 Å². The lowest BCUT2D eigenvalue weighted by Gasteiger charge is -2.15. The average molecular weight is 178 g/mol. The third kappa shape index (κ3) is 2.81. The van der Waals surface area contributed by atoms with Crippen LogP contribution in [0.15, 0.2) is 11.9 Å². The van der Waals surface area contributed by atoms with Crippen molar-refractivity contribution in [3.05, 3.63) is 11.9 Å². The zero-order valence-electron chi connectivity index (χ0n) is 5.35. The molecular weight excluding hydrogens is 174 g/mol. The summed E-state index contributed by atoms with van der Waals surface area (Å²) in [4.78, 5) is 0. The third-order valence-electron chi connectivity index (χ3n) is 0.887. The molecule has 0 saturated heterocycles. The fourth-order valence-electron chi connectivity index (χ4n) is 0.407. The molecule has 0 aliphatic rings. The van der Waals surface area contributed by atoms with Crippen LogP contribution in [0, 0.1) is 0 Å². The fraction of sp³-hybridized carbons (Fsp3) is 0.600. The summed E-state index contributed by atoms with van der Waals surface area (Å²) in [6, 6.07) is 0. The van der Waals surface area contributed by atoms with Crippen molar-refractivity contribution >= 4 is 0 Å². The zero-order chi connectivity index (χ0) is 9.28. The highest BCUT2D eigenvalue weighted by atomic mass is 19.4. The summed E-state index contributed by atoms with van der Waals surface area (Å²) in [5.41, 5.74) is -2.47. The Morgan fingerprint density at radius 3 is 1.45 bits per heavy atom. The molecule has 0 atom stereocenters. The maximum atomic E-state index is 11.9. The molecule has 0 radical (unpaired) electrons. The number of hydrogen-bond acceptors (Lipinski definition) is 0. The minimum Gasteiger partial charge on any atom is -0.215 e. The molecule has 0 bridgehead atoms. The van der Waals surface area contributed by atoms with Crippen LogP contribution >= 0.6 is 0 Å². The van der Waals surface area contributed by atoms with Gasteiger partial charge >= 0.3 is 6.18 Å². The molecule has 0 nitrogen and oxygen atoms in total. The van der Waals surface area contributed by atoms with E-state index >= 15 is 0 Å². The van der Waals surface area contributed by atoms with Crippen LogP contribution in [0.5, 0.6) is 0 Å². The van der Waals surface area contributed by atoms with Gasteiger partial charge in [0.1, 0.15) is 11.9 Å². The van der Waals surface area contributed by atoms with E-state index in [1.165, 1.54) is 0 Å². The number of rotatable bonds is 1. The van der Waals surface area contributed by atoms with Crippen LogP contribution in [-0.4, -0.2) is 12.1 Å². The molecule has 0 unspecified atom stereocenters. The predicted octanol–water partition coefficient (Wildman–Crippen LogP) is 3.06. The second-order valence-corrected chi connectivity index (χ2v) is 1.91. The second-order valence-electron chi connectivity index (χ2n) is 1.91. The first kappa shape index (κ1) is 10.3. The van der Waals surface area contributed by atoms with Crippen LogP contribution in [0.4, 0.5) is 26.3 Å². The van der Waals surface area contributed by atoms with E-state index in [1.54, 1.807) is 0 Å². The van der Waals surface area contributed by atoms with Gasteiger partial charge < -0.3 is 0 Å². The normalized spacial score (nSPS) is 15.4. The van der Waals surface area contributed by atoms with E-state index in [9.17, 15) is 26.3 Å². The molecule has 0 saturated carbocycles. The molecule has 0 aromatic rings. The largest absolute Gasteiger partial charge is 0.420 e. The molecule has 11 heavy (non-hydrogen) atoms. The van der Waals surface area contributed by atoms with E-state index < -0.39 is 24.0 Å². The van der Waals surface area contributed by atoms with Crippen LogP contribution in [-0.2, 0) is 0 Å². The van der Waals surface area contributed by atoms with Crippen LogP contribution in [0.2, 0.25) is 0 Å².